The fraction of sp³-hybridized carbons (Fsp3) is 0.545. The summed E-state index contributed by atoms with van der Waals surface area (Å²) in [6.07, 6.45) is 2.13. The molecule has 0 unspecified atom stereocenters. The normalized spacial score (nSPS) is 10.7. The van der Waals surface area contributed by atoms with E-state index in [1.165, 1.54) is 0 Å². The van der Waals surface area contributed by atoms with E-state index in [1.807, 2.05) is 0 Å². The lowest BCUT2D eigenvalue weighted by molar-refractivity contribution is 0.0923. The van der Waals surface area contributed by atoms with Gasteiger partial charge in [-0.2, -0.15) is 0 Å². The minimum absolute atomic E-state index is 0.149. The zero-order chi connectivity index (χ0) is 11.3. The van der Waals surface area contributed by atoms with Gasteiger partial charge in [-0.25, -0.2) is 0 Å². The Morgan fingerprint density at radius 1 is 1.53 bits per heavy atom. The van der Waals surface area contributed by atoms with Gasteiger partial charge in [0.2, 0.25) is 0 Å². The van der Waals surface area contributed by atoms with Crippen LogP contribution in [0.4, 0.5) is 0 Å². The molecule has 1 aromatic heterocycles. The number of rotatable bonds is 5. The average molecular weight is 274 g/mol. The molecule has 3 nitrogen and oxygen atoms in total. The molecule has 0 atom stereocenters. The van der Waals surface area contributed by atoms with Crippen LogP contribution in [0, 0.1) is 5.92 Å². The van der Waals surface area contributed by atoms with E-state index < -0.39 is 0 Å². The molecule has 0 aliphatic heterocycles. The van der Waals surface area contributed by atoms with Crippen molar-refractivity contribution in [2.45, 2.75) is 26.7 Å². The Kier molecular flexibility index (Phi) is 4.88. The Hall–Kier alpha value is -0.770. The van der Waals surface area contributed by atoms with Gasteiger partial charge in [0.05, 0.1) is 0 Å². The molecule has 84 valence electrons. The zero-order valence-electron chi connectivity index (χ0n) is 9.05. The SMILES string of the molecule is CC(C)CCCNC(=O)c1ccc(Br)o1. The van der Waals surface area contributed by atoms with E-state index in [0.717, 1.165) is 12.8 Å². The van der Waals surface area contributed by atoms with Crippen LogP contribution in [-0.4, -0.2) is 12.5 Å². The van der Waals surface area contributed by atoms with E-state index in [2.05, 4.69) is 35.1 Å². The van der Waals surface area contributed by atoms with Crippen molar-refractivity contribution in [1.29, 1.82) is 0 Å². The largest absolute Gasteiger partial charge is 0.444 e. The first-order valence-electron chi connectivity index (χ1n) is 5.13. The van der Waals surface area contributed by atoms with Crippen molar-refractivity contribution in [3.05, 3.63) is 22.6 Å². The second kappa shape index (κ2) is 5.95. The third kappa shape index (κ3) is 4.51. The van der Waals surface area contributed by atoms with Crippen molar-refractivity contribution in [3.8, 4) is 0 Å². The van der Waals surface area contributed by atoms with Gasteiger partial charge in [-0.1, -0.05) is 13.8 Å². The summed E-state index contributed by atoms with van der Waals surface area (Å²) in [6, 6.07) is 3.37. The van der Waals surface area contributed by atoms with Crippen molar-refractivity contribution >= 4 is 21.8 Å². The third-order valence-corrected chi connectivity index (χ3v) is 2.47. The highest BCUT2D eigenvalue weighted by Gasteiger charge is 2.08. The van der Waals surface area contributed by atoms with Gasteiger partial charge in [0.1, 0.15) is 0 Å². The first-order chi connectivity index (χ1) is 7.09. The Bertz CT molecular complexity index is 320. The number of furan rings is 1. The number of halogens is 1. The molecule has 0 radical (unpaired) electrons. The summed E-state index contributed by atoms with van der Waals surface area (Å²) in [5, 5.41) is 2.81. The second-order valence-corrected chi connectivity index (χ2v) is 4.68. The number of carbonyl (C=O) groups excluding carboxylic acids is 1. The molecule has 1 rings (SSSR count). The van der Waals surface area contributed by atoms with Gasteiger partial charge < -0.3 is 9.73 Å². The van der Waals surface area contributed by atoms with Gasteiger partial charge in [-0.05, 0) is 46.8 Å². The van der Waals surface area contributed by atoms with Crippen molar-refractivity contribution in [2.75, 3.05) is 6.54 Å². The smallest absolute Gasteiger partial charge is 0.287 e. The van der Waals surface area contributed by atoms with Crippen LogP contribution >= 0.6 is 15.9 Å². The van der Waals surface area contributed by atoms with Gasteiger partial charge in [0.15, 0.2) is 10.4 Å². The fourth-order valence-electron chi connectivity index (χ4n) is 1.24. The number of amides is 1. The standard InChI is InChI=1S/C11H16BrNO2/c1-8(2)4-3-7-13-11(14)9-5-6-10(12)15-9/h5-6,8H,3-4,7H2,1-2H3,(H,13,14). The Morgan fingerprint density at radius 2 is 2.27 bits per heavy atom. The van der Waals surface area contributed by atoms with Crippen LogP contribution in [0.1, 0.15) is 37.2 Å². The van der Waals surface area contributed by atoms with Gasteiger partial charge in [-0.15, -0.1) is 0 Å². The molecule has 0 saturated heterocycles. The summed E-state index contributed by atoms with van der Waals surface area (Å²) in [6.45, 7) is 5.05. The van der Waals surface area contributed by atoms with Crippen LogP contribution < -0.4 is 5.32 Å². The van der Waals surface area contributed by atoms with Crippen LogP contribution in [-0.2, 0) is 0 Å². The first-order valence-corrected chi connectivity index (χ1v) is 5.92. The summed E-state index contributed by atoms with van der Waals surface area (Å²) in [4.78, 5) is 11.5. The maximum Gasteiger partial charge on any atom is 0.287 e. The van der Waals surface area contributed by atoms with Crippen molar-refractivity contribution in [3.63, 3.8) is 0 Å². The molecule has 0 aliphatic rings. The van der Waals surface area contributed by atoms with Crippen LogP contribution in [0.2, 0.25) is 0 Å². The van der Waals surface area contributed by atoms with Gasteiger partial charge in [-0.3, -0.25) is 4.79 Å². The van der Waals surface area contributed by atoms with E-state index in [4.69, 9.17) is 4.42 Å². The zero-order valence-corrected chi connectivity index (χ0v) is 10.6. The molecule has 0 fully saturated rings. The molecule has 1 N–H and O–H groups in total. The van der Waals surface area contributed by atoms with Gasteiger partial charge in [0, 0.05) is 6.54 Å². The number of carbonyl (C=O) groups is 1. The number of nitrogens with one attached hydrogen (secondary N) is 1. The van der Waals surface area contributed by atoms with Crippen molar-refractivity contribution in [2.24, 2.45) is 5.92 Å². The second-order valence-electron chi connectivity index (χ2n) is 3.90. The van der Waals surface area contributed by atoms with Crippen molar-refractivity contribution < 1.29 is 9.21 Å². The van der Waals surface area contributed by atoms with Crippen molar-refractivity contribution in [1.82, 2.24) is 5.32 Å². The summed E-state index contributed by atoms with van der Waals surface area (Å²) in [5.74, 6) is 0.885. The minimum Gasteiger partial charge on any atom is -0.444 e. The van der Waals surface area contributed by atoms with E-state index in [9.17, 15) is 4.79 Å². The van der Waals surface area contributed by atoms with E-state index in [-0.39, 0.29) is 5.91 Å². The monoisotopic (exact) mass is 273 g/mol. The number of hydrogen-bond donors (Lipinski definition) is 1. The van der Waals surface area contributed by atoms with E-state index in [1.54, 1.807) is 12.1 Å². The Morgan fingerprint density at radius 3 is 2.80 bits per heavy atom. The molecule has 0 aliphatic carbocycles. The van der Waals surface area contributed by atoms with E-state index >= 15 is 0 Å². The van der Waals surface area contributed by atoms with Crippen LogP contribution in [0.25, 0.3) is 0 Å². The Labute approximate surface area is 98.4 Å². The maximum absolute atomic E-state index is 11.5. The molecule has 0 saturated carbocycles. The molecule has 15 heavy (non-hydrogen) atoms. The lowest BCUT2D eigenvalue weighted by atomic mass is 10.1. The fourth-order valence-corrected chi connectivity index (χ4v) is 1.54. The first kappa shape index (κ1) is 12.3. The van der Waals surface area contributed by atoms with Gasteiger partial charge in [0.25, 0.3) is 5.91 Å². The summed E-state index contributed by atoms with van der Waals surface area (Å²) < 4.78 is 5.71. The molecule has 1 amide bonds. The molecule has 0 aromatic carbocycles. The summed E-state index contributed by atoms with van der Waals surface area (Å²) in [5.41, 5.74) is 0. The predicted octanol–water partition coefficient (Wildman–Crippen LogP) is 3.21. The molecular weight excluding hydrogens is 258 g/mol. The molecule has 4 heteroatoms. The number of hydrogen-bond acceptors (Lipinski definition) is 2. The van der Waals surface area contributed by atoms with Crippen LogP contribution in [0.5, 0.6) is 0 Å². The third-order valence-electron chi connectivity index (χ3n) is 2.04. The summed E-state index contributed by atoms with van der Waals surface area (Å²) >= 11 is 3.15. The summed E-state index contributed by atoms with van der Waals surface area (Å²) in [7, 11) is 0. The molecule has 0 bridgehead atoms. The molecule has 1 heterocycles. The Balaban J connectivity index is 2.25. The topological polar surface area (TPSA) is 42.2 Å². The van der Waals surface area contributed by atoms with Gasteiger partial charge >= 0.3 is 0 Å². The predicted molar refractivity (Wildman–Crippen MR) is 62.8 cm³/mol. The van der Waals surface area contributed by atoms with E-state index in [0.29, 0.717) is 22.9 Å². The maximum atomic E-state index is 11.5. The highest BCUT2D eigenvalue weighted by molar-refractivity contribution is 9.10. The molecule has 0 spiro atoms. The minimum atomic E-state index is -0.149. The van der Waals surface area contributed by atoms with Crippen LogP contribution in [0.3, 0.4) is 0 Å². The van der Waals surface area contributed by atoms with Crippen LogP contribution in [0.15, 0.2) is 21.2 Å². The quantitative estimate of drug-likeness (QED) is 0.838. The highest BCUT2D eigenvalue weighted by atomic mass is 79.9. The lowest BCUT2D eigenvalue weighted by Crippen LogP contribution is -2.24. The average Bonchev–Trinajstić information content (AvgIpc) is 2.59. The highest BCUT2D eigenvalue weighted by Crippen LogP contribution is 2.13. The molecular formula is C11H16BrNO2. The molecule has 1 aromatic rings. The lowest BCUT2D eigenvalue weighted by Gasteiger charge is -2.05.